The van der Waals surface area contributed by atoms with Crippen LogP contribution in [-0.4, -0.2) is 28.4 Å². The molecule has 1 aromatic carbocycles. The maximum atomic E-state index is 9.24. The lowest BCUT2D eigenvalue weighted by molar-refractivity contribution is 0.475. The van der Waals surface area contributed by atoms with Crippen molar-refractivity contribution in [1.82, 2.24) is 10.2 Å². The Morgan fingerprint density at radius 2 is 2.06 bits per heavy atom. The average Bonchev–Trinajstić information content (AvgIpc) is 2.80. The molecule has 0 aliphatic heterocycles. The van der Waals surface area contributed by atoms with Crippen molar-refractivity contribution in [3.8, 4) is 5.75 Å². The smallest absolute Gasteiger partial charge is 0.115 e. The second-order valence-corrected chi connectivity index (χ2v) is 4.17. The van der Waals surface area contributed by atoms with Crippen LogP contribution in [-0.2, 0) is 6.42 Å². The predicted octanol–water partition coefficient (Wildman–Crippen LogP) is 1.47. The zero-order valence-corrected chi connectivity index (χ0v) is 10.2. The van der Waals surface area contributed by atoms with Crippen LogP contribution < -0.4 is 11.1 Å². The van der Waals surface area contributed by atoms with E-state index in [0.717, 1.165) is 36.3 Å². The van der Waals surface area contributed by atoms with E-state index in [4.69, 9.17) is 5.73 Å². The van der Waals surface area contributed by atoms with Gasteiger partial charge in [0.25, 0.3) is 0 Å². The van der Waals surface area contributed by atoms with Crippen molar-refractivity contribution in [3.63, 3.8) is 0 Å². The Hall–Kier alpha value is -2.01. The fourth-order valence-corrected chi connectivity index (χ4v) is 1.74. The van der Waals surface area contributed by atoms with Gasteiger partial charge < -0.3 is 16.2 Å². The Balaban J connectivity index is 2.00. The van der Waals surface area contributed by atoms with Crippen LogP contribution in [0.15, 0.2) is 30.5 Å². The van der Waals surface area contributed by atoms with Crippen LogP contribution in [0.5, 0.6) is 5.75 Å². The molecule has 0 unspecified atom stereocenters. The average molecular weight is 246 g/mol. The molecule has 0 atom stereocenters. The second-order valence-electron chi connectivity index (χ2n) is 4.17. The molecule has 0 bridgehead atoms. The maximum Gasteiger partial charge on any atom is 0.115 e. The topological polar surface area (TPSA) is 87.0 Å². The number of benzene rings is 1. The number of rotatable bonds is 6. The standard InChI is InChI=1S/C13H18N4O/c14-6-1-7-15-13-9-16-17-12(13)8-10-2-4-11(18)5-3-10/h2-5,9,15,18H,1,6-8,14H2,(H,16,17). The summed E-state index contributed by atoms with van der Waals surface area (Å²) in [4.78, 5) is 0. The Bertz CT molecular complexity index is 478. The summed E-state index contributed by atoms with van der Waals surface area (Å²) in [5, 5.41) is 19.6. The van der Waals surface area contributed by atoms with Gasteiger partial charge in [-0.2, -0.15) is 5.10 Å². The van der Waals surface area contributed by atoms with Gasteiger partial charge in [-0.15, -0.1) is 0 Å². The summed E-state index contributed by atoms with van der Waals surface area (Å²) >= 11 is 0. The van der Waals surface area contributed by atoms with Crippen LogP contribution >= 0.6 is 0 Å². The van der Waals surface area contributed by atoms with Crippen LogP contribution in [0.25, 0.3) is 0 Å². The number of H-pyrrole nitrogens is 1. The molecule has 0 amide bonds. The quantitative estimate of drug-likeness (QED) is 0.581. The molecular formula is C13H18N4O. The molecular weight excluding hydrogens is 228 g/mol. The van der Waals surface area contributed by atoms with Crippen molar-refractivity contribution in [2.45, 2.75) is 12.8 Å². The first kappa shape index (κ1) is 12.4. The van der Waals surface area contributed by atoms with Crippen molar-refractivity contribution in [3.05, 3.63) is 41.7 Å². The molecule has 5 N–H and O–H groups in total. The fourth-order valence-electron chi connectivity index (χ4n) is 1.74. The Labute approximate surface area is 106 Å². The minimum atomic E-state index is 0.282. The third-order valence-electron chi connectivity index (χ3n) is 2.73. The first-order valence-electron chi connectivity index (χ1n) is 6.03. The molecule has 0 radical (unpaired) electrons. The van der Waals surface area contributed by atoms with Gasteiger partial charge in [-0.1, -0.05) is 12.1 Å². The molecule has 0 saturated heterocycles. The molecule has 96 valence electrons. The molecule has 2 rings (SSSR count). The molecule has 5 heteroatoms. The Morgan fingerprint density at radius 3 is 2.78 bits per heavy atom. The van der Waals surface area contributed by atoms with Gasteiger partial charge >= 0.3 is 0 Å². The Kier molecular flexibility index (Phi) is 4.20. The number of aromatic hydroxyl groups is 1. The third-order valence-corrected chi connectivity index (χ3v) is 2.73. The molecule has 0 aliphatic rings. The molecule has 0 spiro atoms. The fraction of sp³-hybridized carbons (Fsp3) is 0.308. The largest absolute Gasteiger partial charge is 0.508 e. The number of hydrogen-bond acceptors (Lipinski definition) is 4. The number of nitrogens with two attached hydrogens (primary N) is 1. The van der Waals surface area contributed by atoms with Gasteiger partial charge in [-0.25, -0.2) is 0 Å². The first-order valence-corrected chi connectivity index (χ1v) is 6.03. The van der Waals surface area contributed by atoms with Gasteiger partial charge in [-0.3, -0.25) is 5.10 Å². The van der Waals surface area contributed by atoms with Gasteiger partial charge in [0.2, 0.25) is 0 Å². The first-order chi connectivity index (χ1) is 8.79. The monoisotopic (exact) mass is 246 g/mol. The zero-order valence-electron chi connectivity index (χ0n) is 10.2. The zero-order chi connectivity index (χ0) is 12.8. The van der Waals surface area contributed by atoms with Crippen molar-refractivity contribution >= 4 is 5.69 Å². The molecule has 1 heterocycles. The van der Waals surface area contributed by atoms with E-state index >= 15 is 0 Å². The number of nitrogens with zero attached hydrogens (tertiary/aromatic N) is 1. The van der Waals surface area contributed by atoms with E-state index in [-0.39, 0.29) is 5.75 Å². The molecule has 1 aromatic heterocycles. The van der Waals surface area contributed by atoms with E-state index in [2.05, 4.69) is 15.5 Å². The number of phenolic OH excluding ortho intramolecular Hbond substituents is 1. The highest BCUT2D eigenvalue weighted by Gasteiger charge is 2.05. The molecule has 18 heavy (non-hydrogen) atoms. The number of hydrogen-bond donors (Lipinski definition) is 4. The van der Waals surface area contributed by atoms with Gasteiger partial charge in [0, 0.05) is 13.0 Å². The number of aromatic amines is 1. The van der Waals surface area contributed by atoms with Crippen LogP contribution in [0.3, 0.4) is 0 Å². The number of nitrogens with one attached hydrogen (secondary N) is 2. The van der Waals surface area contributed by atoms with Crippen molar-refractivity contribution < 1.29 is 5.11 Å². The van der Waals surface area contributed by atoms with E-state index in [1.165, 1.54) is 0 Å². The molecule has 0 saturated carbocycles. The van der Waals surface area contributed by atoms with E-state index in [0.29, 0.717) is 6.54 Å². The minimum Gasteiger partial charge on any atom is -0.508 e. The molecule has 0 aliphatic carbocycles. The number of aromatic nitrogens is 2. The lowest BCUT2D eigenvalue weighted by Gasteiger charge is -2.06. The molecule has 0 fully saturated rings. The number of phenols is 1. The van der Waals surface area contributed by atoms with E-state index in [9.17, 15) is 5.11 Å². The summed E-state index contributed by atoms with van der Waals surface area (Å²) in [6.45, 7) is 1.52. The third kappa shape index (κ3) is 3.24. The van der Waals surface area contributed by atoms with E-state index in [1.807, 2.05) is 12.1 Å². The van der Waals surface area contributed by atoms with Crippen LogP contribution in [0.4, 0.5) is 5.69 Å². The Morgan fingerprint density at radius 1 is 1.28 bits per heavy atom. The summed E-state index contributed by atoms with van der Waals surface area (Å²) in [7, 11) is 0. The van der Waals surface area contributed by atoms with Gasteiger partial charge in [0.15, 0.2) is 0 Å². The SMILES string of the molecule is NCCCNc1cn[nH]c1Cc1ccc(O)cc1. The summed E-state index contributed by atoms with van der Waals surface area (Å²) in [6, 6.07) is 7.18. The summed E-state index contributed by atoms with van der Waals surface area (Å²) < 4.78 is 0. The van der Waals surface area contributed by atoms with Crippen molar-refractivity contribution in [2.24, 2.45) is 5.73 Å². The minimum absolute atomic E-state index is 0.282. The van der Waals surface area contributed by atoms with E-state index in [1.54, 1.807) is 18.3 Å². The number of anilines is 1. The van der Waals surface area contributed by atoms with Gasteiger partial charge in [-0.05, 0) is 30.7 Å². The lowest BCUT2D eigenvalue weighted by atomic mass is 10.1. The van der Waals surface area contributed by atoms with Crippen molar-refractivity contribution in [2.75, 3.05) is 18.4 Å². The summed E-state index contributed by atoms with van der Waals surface area (Å²) in [6.07, 6.45) is 3.47. The maximum absolute atomic E-state index is 9.24. The van der Waals surface area contributed by atoms with Crippen LogP contribution in [0, 0.1) is 0 Å². The molecule has 2 aromatic rings. The van der Waals surface area contributed by atoms with Crippen molar-refractivity contribution in [1.29, 1.82) is 0 Å². The summed E-state index contributed by atoms with van der Waals surface area (Å²) in [5.74, 6) is 0.282. The highest BCUT2D eigenvalue weighted by atomic mass is 16.3. The highest BCUT2D eigenvalue weighted by molar-refractivity contribution is 5.48. The summed E-state index contributed by atoms with van der Waals surface area (Å²) in [5.41, 5.74) is 8.63. The van der Waals surface area contributed by atoms with Gasteiger partial charge in [0.1, 0.15) is 5.75 Å². The van der Waals surface area contributed by atoms with E-state index < -0.39 is 0 Å². The normalized spacial score (nSPS) is 10.5. The highest BCUT2D eigenvalue weighted by Crippen LogP contribution is 2.18. The predicted molar refractivity (Wildman–Crippen MR) is 71.7 cm³/mol. The van der Waals surface area contributed by atoms with Gasteiger partial charge in [0.05, 0.1) is 17.6 Å². The van der Waals surface area contributed by atoms with Crippen LogP contribution in [0.1, 0.15) is 17.7 Å². The second kappa shape index (κ2) is 6.07. The lowest BCUT2D eigenvalue weighted by Crippen LogP contribution is -2.09. The molecule has 5 nitrogen and oxygen atoms in total. The van der Waals surface area contributed by atoms with Crippen LogP contribution in [0.2, 0.25) is 0 Å².